The number of nitrogens with zero attached hydrogens (tertiary/aromatic N) is 1. The Kier molecular flexibility index (Phi) is 3.73. The first-order valence-electron chi connectivity index (χ1n) is 6.99. The first-order valence-corrected chi connectivity index (χ1v) is 8.48. The Morgan fingerprint density at radius 1 is 1.00 bits per heavy atom. The maximum atomic E-state index is 12.5. The number of aromatic nitrogens is 1. The molecule has 0 saturated carbocycles. The lowest BCUT2D eigenvalue weighted by Gasteiger charge is -2.11. The van der Waals surface area contributed by atoms with Crippen LogP contribution in [0, 0.1) is 20.8 Å². The second-order valence-electron chi connectivity index (χ2n) is 5.32. The Morgan fingerprint density at radius 3 is 2.30 bits per heavy atom. The lowest BCUT2D eigenvalue weighted by molar-refractivity contribution is 0.398. The molecule has 0 bridgehead atoms. The molecule has 0 atom stereocenters. The molecule has 0 aliphatic carbocycles. The fourth-order valence-corrected chi connectivity index (χ4v) is 3.37. The van der Waals surface area contributed by atoms with E-state index in [-0.39, 0.29) is 5.09 Å². The smallest absolute Gasteiger partial charge is 0.295 e. The summed E-state index contributed by atoms with van der Waals surface area (Å²) in [5.74, 6) is 0.698. The van der Waals surface area contributed by atoms with E-state index in [1.807, 2.05) is 32.0 Å². The molecule has 0 amide bonds. The summed E-state index contributed by atoms with van der Waals surface area (Å²) >= 11 is 0. The number of aryl methyl sites for hydroxylation is 3. The predicted molar refractivity (Wildman–Crippen MR) is 85.7 cm³/mol. The van der Waals surface area contributed by atoms with Crippen molar-refractivity contribution < 1.29 is 17.4 Å². The van der Waals surface area contributed by atoms with Gasteiger partial charge in [0.1, 0.15) is 0 Å². The van der Waals surface area contributed by atoms with Gasteiger partial charge in [0.05, 0.1) is 11.4 Å². The Morgan fingerprint density at radius 2 is 1.70 bits per heavy atom. The average molecular weight is 332 g/mol. The highest BCUT2D eigenvalue weighted by molar-refractivity contribution is 7.92. The van der Waals surface area contributed by atoms with Gasteiger partial charge in [0.2, 0.25) is 10.9 Å². The zero-order valence-corrected chi connectivity index (χ0v) is 13.8. The molecule has 0 spiro atoms. The van der Waals surface area contributed by atoms with Crippen LogP contribution in [-0.2, 0) is 10.0 Å². The summed E-state index contributed by atoms with van der Waals surface area (Å²) in [7, 11) is -3.82. The molecule has 23 heavy (non-hydrogen) atoms. The van der Waals surface area contributed by atoms with Gasteiger partial charge >= 0.3 is 0 Å². The molecule has 0 radical (unpaired) electrons. The minimum absolute atomic E-state index is 0.177. The first-order chi connectivity index (χ1) is 10.9. The van der Waals surface area contributed by atoms with Crippen LogP contribution in [0.15, 0.2) is 50.4 Å². The highest BCUT2D eigenvalue weighted by atomic mass is 32.2. The van der Waals surface area contributed by atoms with Crippen LogP contribution in [0.3, 0.4) is 0 Å². The summed E-state index contributed by atoms with van der Waals surface area (Å²) in [6.07, 6.45) is 0. The third-order valence-electron chi connectivity index (χ3n) is 3.43. The summed E-state index contributed by atoms with van der Waals surface area (Å²) < 4.78 is 38.1. The first kappa shape index (κ1) is 15.4. The molecule has 0 fully saturated rings. The van der Waals surface area contributed by atoms with E-state index in [1.165, 1.54) is 6.07 Å². The van der Waals surface area contributed by atoms with E-state index in [4.69, 9.17) is 8.94 Å². The number of sulfonamides is 1. The van der Waals surface area contributed by atoms with Gasteiger partial charge in [0.25, 0.3) is 10.0 Å². The van der Waals surface area contributed by atoms with Crippen molar-refractivity contribution in [2.24, 2.45) is 0 Å². The van der Waals surface area contributed by atoms with Crippen LogP contribution >= 0.6 is 0 Å². The van der Waals surface area contributed by atoms with Gasteiger partial charge in [-0.15, -0.1) is 0 Å². The summed E-state index contributed by atoms with van der Waals surface area (Å²) in [4.78, 5) is 0. The molecule has 0 aliphatic rings. The minimum Gasteiger partial charge on any atom is -0.439 e. The number of para-hydroxylation sites is 1. The topological polar surface area (TPSA) is 85.3 Å². The monoisotopic (exact) mass is 332 g/mol. The number of rotatable bonds is 4. The zero-order valence-electron chi connectivity index (χ0n) is 13.0. The van der Waals surface area contributed by atoms with Gasteiger partial charge in [-0.2, -0.15) is 8.42 Å². The zero-order chi connectivity index (χ0) is 16.6. The largest absolute Gasteiger partial charge is 0.439 e. The van der Waals surface area contributed by atoms with E-state index in [2.05, 4.69) is 9.88 Å². The van der Waals surface area contributed by atoms with E-state index in [0.717, 1.165) is 11.1 Å². The Balaban J connectivity index is 1.93. The number of nitrogens with one attached hydrogen (secondary N) is 1. The maximum absolute atomic E-state index is 12.5. The Bertz CT molecular complexity index is 934. The third-order valence-corrected chi connectivity index (χ3v) is 4.66. The second-order valence-corrected chi connectivity index (χ2v) is 6.94. The van der Waals surface area contributed by atoms with Crippen LogP contribution in [0.1, 0.15) is 16.8 Å². The molecule has 120 valence electrons. The summed E-state index contributed by atoms with van der Waals surface area (Å²) in [6.45, 7) is 5.46. The van der Waals surface area contributed by atoms with Crippen LogP contribution in [-0.4, -0.2) is 13.6 Å². The fourth-order valence-electron chi connectivity index (χ4n) is 2.24. The highest BCUT2D eigenvalue weighted by Crippen LogP contribution is 2.28. The molecule has 0 saturated heterocycles. The molecule has 0 aliphatic heterocycles. The van der Waals surface area contributed by atoms with E-state index >= 15 is 0 Å². The molecule has 3 rings (SSSR count). The molecule has 6 nitrogen and oxygen atoms in total. The normalized spacial score (nSPS) is 11.6. The van der Waals surface area contributed by atoms with Crippen molar-refractivity contribution in [3.8, 4) is 11.5 Å². The minimum atomic E-state index is -3.82. The maximum Gasteiger partial charge on any atom is 0.295 e. The summed E-state index contributed by atoms with van der Waals surface area (Å²) in [5, 5.41) is 3.58. The summed E-state index contributed by atoms with van der Waals surface area (Å²) in [6, 6.07) is 10.2. The van der Waals surface area contributed by atoms with Gasteiger partial charge in [-0.1, -0.05) is 23.4 Å². The van der Waals surface area contributed by atoms with Crippen molar-refractivity contribution in [2.75, 3.05) is 4.72 Å². The van der Waals surface area contributed by atoms with E-state index in [0.29, 0.717) is 22.9 Å². The molecule has 2 heterocycles. The van der Waals surface area contributed by atoms with E-state index in [1.54, 1.807) is 19.1 Å². The number of hydrogen-bond acceptors (Lipinski definition) is 5. The Hall–Kier alpha value is -2.54. The second kappa shape index (κ2) is 5.58. The fraction of sp³-hybridized carbons (Fsp3) is 0.188. The molecule has 0 unspecified atom stereocenters. The highest BCUT2D eigenvalue weighted by Gasteiger charge is 2.22. The molecule has 3 aromatic rings. The van der Waals surface area contributed by atoms with Crippen molar-refractivity contribution in [1.29, 1.82) is 0 Å². The van der Waals surface area contributed by atoms with Crippen molar-refractivity contribution in [1.82, 2.24) is 5.16 Å². The van der Waals surface area contributed by atoms with Crippen LogP contribution in [0.25, 0.3) is 11.5 Å². The van der Waals surface area contributed by atoms with E-state index < -0.39 is 10.0 Å². The number of anilines is 1. The van der Waals surface area contributed by atoms with Crippen LogP contribution in [0.5, 0.6) is 0 Å². The molecular weight excluding hydrogens is 316 g/mol. The SMILES string of the molecule is Cc1cc(-c2ccc(S(=O)(=O)Nc3c(C)cccc3C)o2)on1. The molecule has 1 aromatic carbocycles. The molecule has 7 heteroatoms. The molecule has 1 N–H and O–H groups in total. The summed E-state index contributed by atoms with van der Waals surface area (Å²) in [5.41, 5.74) is 2.92. The number of hydrogen-bond donors (Lipinski definition) is 1. The quantitative estimate of drug-likeness (QED) is 0.788. The lowest BCUT2D eigenvalue weighted by Crippen LogP contribution is -2.13. The standard InChI is InChI=1S/C16H16N2O4S/c1-10-5-4-6-11(2)16(10)18-23(19,20)15-8-7-13(21-15)14-9-12(3)17-22-14/h4-9,18H,1-3H3. The van der Waals surface area contributed by atoms with E-state index in [9.17, 15) is 8.42 Å². The van der Waals surface area contributed by atoms with Crippen LogP contribution < -0.4 is 4.72 Å². The molecule has 2 aromatic heterocycles. The average Bonchev–Trinajstić information content (AvgIpc) is 3.12. The molecular formula is C16H16N2O4S. The predicted octanol–water partition coefficient (Wildman–Crippen LogP) is 3.66. The number of furan rings is 1. The van der Waals surface area contributed by atoms with Crippen molar-refractivity contribution in [3.63, 3.8) is 0 Å². The van der Waals surface area contributed by atoms with Crippen molar-refractivity contribution in [2.45, 2.75) is 25.9 Å². The Labute approximate surface area is 134 Å². The third kappa shape index (κ3) is 3.00. The van der Waals surface area contributed by atoms with Gasteiger partial charge in [-0.05, 0) is 44.0 Å². The lowest BCUT2D eigenvalue weighted by atomic mass is 10.1. The van der Waals surface area contributed by atoms with Crippen LogP contribution in [0.2, 0.25) is 0 Å². The van der Waals surface area contributed by atoms with Crippen molar-refractivity contribution >= 4 is 15.7 Å². The van der Waals surface area contributed by atoms with Crippen LogP contribution in [0.4, 0.5) is 5.69 Å². The van der Waals surface area contributed by atoms with Gasteiger partial charge in [0.15, 0.2) is 5.76 Å². The van der Waals surface area contributed by atoms with Gasteiger partial charge < -0.3 is 8.94 Å². The van der Waals surface area contributed by atoms with Crippen molar-refractivity contribution in [3.05, 3.63) is 53.2 Å². The van der Waals surface area contributed by atoms with Gasteiger partial charge in [-0.3, -0.25) is 4.72 Å². The van der Waals surface area contributed by atoms with Gasteiger partial charge in [0, 0.05) is 6.07 Å². The van der Waals surface area contributed by atoms with Gasteiger partial charge in [-0.25, -0.2) is 0 Å². The number of benzene rings is 1.